The number of ether oxygens (including phenoxy) is 1. The first-order chi connectivity index (χ1) is 12.2. The van der Waals surface area contributed by atoms with Crippen LogP contribution < -0.4 is 14.4 Å². The summed E-state index contributed by atoms with van der Waals surface area (Å²) in [6.45, 7) is 3.18. The smallest absolute Gasteiger partial charge is 0.240 e. The summed E-state index contributed by atoms with van der Waals surface area (Å²) in [6, 6.07) is 10.1. The van der Waals surface area contributed by atoms with Gasteiger partial charge in [-0.1, -0.05) is 0 Å². The average molecular weight is 380 g/mol. The molecule has 26 heavy (non-hydrogen) atoms. The zero-order valence-electron chi connectivity index (χ0n) is 14.8. The fraction of sp³-hybridized carbons (Fsp3) is 0.278. The summed E-state index contributed by atoms with van der Waals surface area (Å²) < 4.78 is 45.6. The molecule has 1 N–H and O–H groups in total. The molecule has 0 saturated heterocycles. The molecule has 2 aromatic rings. The van der Waals surface area contributed by atoms with E-state index in [4.69, 9.17) is 4.74 Å². The Balaban J connectivity index is 2.08. The standard InChI is InChI=1S/C18H21FN2O4S/c1-13-12-17(25-3)8-9-18(13)26(23,24)20-10-11-21(14(2)22)16-6-4-15(19)5-7-16/h4-9,12,20H,10-11H2,1-3H3. The first kappa shape index (κ1) is 19.9. The summed E-state index contributed by atoms with van der Waals surface area (Å²) in [5.74, 6) is -0.107. The van der Waals surface area contributed by atoms with E-state index in [1.54, 1.807) is 19.1 Å². The third kappa shape index (κ3) is 4.80. The van der Waals surface area contributed by atoms with Crippen LogP contribution in [-0.4, -0.2) is 34.5 Å². The minimum absolute atomic E-state index is 0.0186. The fourth-order valence-electron chi connectivity index (χ4n) is 2.51. The van der Waals surface area contributed by atoms with Crippen LogP contribution in [0, 0.1) is 12.7 Å². The number of benzene rings is 2. The van der Waals surface area contributed by atoms with Crippen molar-refractivity contribution < 1.29 is 22.3 Å². The third-order valence-corrected chi connectivity index (χ3v) is 5.44. The van der Waals surface area contributed by atoms with E-state index in [2.05, 4.69) is 4.72 Å². The van der Waals surface area contributed by atoms with E-state index in [1.807, 2.05) is 0 Å². The number of hydrogen-bond donors (Lipinski definition) is 1. The van der Waals surface area contributed by atoms with Crippen LogP contribution in [0.4, 0.5) is 10.1 Å². The molecule has 0 bridgehead atoms. The Bertz CT molecular complexity index is 883. The number of carbonyl (C=O) groups excluding carboxylic acids is 1. The summed E-state index contributed by atoms with van der Waals surface area (Å²) >= 11 is 0. The maximum atomic E-state index is 13.0. The Morgan fingerprint density at radius 2 is 1.85 bits per heavy atom. The van der Waals surface area contributed by atoms with E-state index in [-0.39, 0.29) is 23.9 Å². The van der Waals surface area contributed by atoms with Crippen LogP contribution in [0.25, 0.3) is 0 Å². The van der Waals surface area contributed by atoms with Crippen molar-refractivity contribution >= 4 is 21.6 Å². The SMILES string of the molecule is COc1ccc(S(=O)(=O)NCCN(C(C)=O)c2ccc(F)cc2)c(C)c1. The van der Waals surface area contributed by atoms with Gasteiger partial charge in [0, 0.05) is 25.7 Å². The van der Waals surface area contributed by atoms with Crippen LogP contribution >= 0.6 is 0 Å². The van der Waals surface area contributed by atoms with E-state index in [1.165, 1.54) is 49.3 Å². The van der Waals surface area contributed by atoms with Crippen molar-refractivity contribution in [2.24, 2.45) is 0 Å². The van der Waals surface area contributed by atoms with E-state index in [9.17, 15) is 17.6 Å². The lowest BCUT2D eigenvalue weighted by molar-refractivity contribution is -0.116. The summed E-state index contributed by atoms with van der Waals surface area (Å²) in [6.07, 6.45) is 0. The summed E-state index contributed by atoms with van der Waals surface area (Å²) in [5.41, 5.74) is 1.05. The van der Waals surface area contributed by atoms with Crippen molar-refractivity contribution in [1.82, 2.24) is 4.72 Å². The molecule has 0 spiro atoms. The minimum atomic E-state index is -3.73. The molecule has 0 saturated carbocycles. The Morgan fingerprint density at radius 1 is 1.19 bits per heavy atom. The fourth-order valence-corrected chi connectivity index (χ4v) is 3.75. The van der Waals surface area contributed by atoms with Crippen LogP contribution in [0.15, 0.2) is 47.4 Å². The number of aryl methyl sites for hydroxylation is 1. The normalized spacial score (nSPS) is 11.2. The molecule has 0 fully saturated rings. The molecule has 6 nitrogen and oxygen atoms in total. The van der Waals surface area contributed by atoms with Gasteiger partial charge in [0.05, 0.1) is 12.0 Å². The lowest BCUT2D eigenvalue weighted by atomic mass is 10.2. The van der Waals surface area contributed by atoms with Crippen molar-refractivity contribution in [3.63, 3.8) is 0 Å². The summed E-state index contributed by atoms with van der Waals surface area (Å²) in [5, 5.41) is 0. The van der Waals surface area contributed by atoms with Crippen LogP contribution in [-0.2, 0) is 14.8 Å². The van der Waals surface area contributed by atoms with Crippen molar-refractivity contribution in [2.75, 3.05) is 25.1 Å². The highest BCUT2D eigenvalue weighted by Crippen LogP contribution is 2.21. The molecule has 0 aliphatic rings. The molecule has 140 valence electrons. The zero-order chi connectivity index (χ0) is 19.3. The minimum Gasteiger partial charge on any atom is -0.497 e. The molecular weight excluding hydrogens is 359 g/mol. The van der Waals surface area contributed by atoms with Gasteiger partial charge in [-0.2, -0.15) is 0 Å². The monoisotopic (exact) mass is 380 g/mol. The number of methoxy groups -OCH3 is 1. The summed E-state index contributed by atoms with van der Waals surface area (Å²) in [4.78, 5) is 13.3. The van der Waals surface area contributed by atoms with Gasteiger partial charge in [-0.05, 0) is 55.0 Å². The van der Waals surface area contributed by atoms with Gasteiger partial charge in [-0.25, -0.2) is 17.5 Å². The third-order valence-electron chi connectivity index (χ3n) is 3.82. The van der Waals surface area contributed by atoms with Gasteiger partial charge in [0.15, 0.2) is 0 Å². The topological polar surface area (TPSA) is 75.7 Å². The highest BCUT2D eigenvalue weighted by molar-refractivity contribution is 7.89. The van der Waals surface area contributed by atoms with Crippen molar-refractivity contribution in [3.8, 4) is 5.75 Å². The number of nitrogens with one attached hydrogen (secondary N) is 1. The number of sulfonamides is 1. The number of hydrogen-bond acceptors (Lipinski definition) is 4. The Labute approximate surface area is 152 Å². The average Bonchev–Trinajstić information content (AvgIpc) is 2.59. The largest absolute Gasteiger partial charge is 0.497 e. The maximum absolute atomic E-state index is 13.0. The summed E-state index contributed by atoms with van der Waals surface area (Å²) in [7, 11) is -2.22. The second kappa shape index (κ2) is 8.29. The van der Waals surface area contributed by atoms with E-state index >= 15 is 0 Å². The van der Waals surface area contributed by atoms with Crippen LogP contribution in [0.1, 0.15) is 12.5 Å². The number of halogens is 1. The highest BCUT2D eigenvalue weighted by Gasteiger charge is 2.18. The zero-order valence-corrected chi connectivity index (χ0v) is 15.6. The van der Waals surface area contributed by atoms with Crippen LogP contribution in [0.5, 0.6) is 5.75 Å². The van der Waals surface area contributed by atoms with Crippen LogP contribution in [0.3, 0.4) is 0 Å². The van der Waals surface area contributed by atoms with Crippen molar-refractivity contribution in [1.29, 1.82) is 0 Å². The maximum Gasteiger partial charge on any atom is 0.240 e. The van der Waals surface area contributed by atoms with E-state index in [0.717, 1.165) is 0 Å². The Kier molecular flexibility index (Phi) is 6.33. The molecule has 0 aliphatic carbocycles. The van der Waals surface area contributed by atoms with Gasteiger partial charge in [0.2, 0.25) is 15.9 Å². The van der Waals surface area contributed by atoms with Gasteiger partial charge in [-0.3, -0.25) is 4.79 Å². The second-order valence-electron chi connectivity index (χ2n) is 5.68. The van der Waals surface area contributed by atoms with Crippen LogP contribution in [0.2, 0.25) is 0 Å². The molecule has 1 amide bonds. The molecule has 8 heteroatoms. The highest BCUT2D eigenvalue weighted by atomic mass is 32.2. The molecular formula is C18H21FN2O4S. The predicted molar refractivity (Wildman–Crippen MR) is 97.3 cm³/mol. The number of nitrogens with zero attached hydrogens (tertiary/aromatic N) is 1. The first-order valence-corrected chi connectivity index (χ1v) is 9.41. The molecule has 2 aromatic carbocycles. The van der Waals surface area contributed by atoms with E-state index < -0.39 is 15.8 Å². The second-order valence-corrected chi connectivity index (χ2v) is 7.41. The van der Waals surface area contributed by atoms with Gasteiger partial charge in [0.25, 0.3) is 0 Å². The molecule has 0 radical (unpaired) electrons. The Morgan fingerprint density at radius 3 is 2.38 bits per heavy atom. The molecule has 0 aliphatic heterocycles. The number of amides is 1. The Hall–Kier alpha value is -2.45. The number of carbonyl (C=O) groups is 1. The van der Waals surface area contributed by atoms with E-state index in [0.29, 0.717) is 17.0 Å². The predicted octanol–water partition coefficient (Wildman–Crippen LogP) is 2.47. The van der Waals surface area contributed by atoms with Gasteiger partial charge in [-0.15, -0.1) is 0 Å². The molecule has 0 atom stereocenters. The van der Waals surface area contributed by atoms with Gasteiger partial charge < -0.3 is 9.64 Å². The molecule has 0 unspecified atom stereocenters. The molecule has 0 aromatic heterocycles. The lowest BCUT2D eigenvalue weighted by Gasteiger charge is -2.21. The lowest BCUT2D eigenvalue weighted by Crippen LogP contribution is -2.37. The molecule has 2 rings (SSSR count). The molecule has 0 heterocycles. The quantitative estimate of drug-likeness (QED) is 0.801. The first-order valence-electron chi connectivity index (χ1n) is 7.92. The number of rotatable bonds is 7. The van der Waals surface area contributed by atoms with Crippen molar-refractivity contribution in [3.05, 3.63) is 53.8 Å². The van der Waals surface area contributed by atoms with Crippen molar-refractivity contribution in [2.45, 2.75) is 18.7 Å². The number of anilines is 1. The van der Waals surface area contributed by atoms with Gasteiger partial charge >= 0.3 is 0 Å². The van der Waals surface area contributed by atoms with Gasteiger partial charge in [0.1, 0.15) is 11.6 Å².